The number of pyridine rings is 1. The van der Waals surface area contributed by atoms with E-state index in [1.807, 2.05) is 30.3 Å². The summed E-state index contributed by atoms with van der Waals surface area (Å²) in [6.07, 6.45) is -4.48. The summed E-state index contributed by atoms with van der Waals surface area (Å²) >= 11 is 0. The molecular weight excluding hydrogens is 419 g/mol. The third kappa shape index (κ3) is 4.72. The predicted molar refractivity (Wildman–Crippen MR) is 114 cm³/mol. The van der Waals surface area contributed by atoms with E-state index in [1.54, 1.807) is 24.3 Å². The number of para-hydroxylation sites is 1. The normalized spacial score (nSPS) is 11.4. The third-order valence-electron chi connectivity index (χ3n) is 4.73. The molecular formula is C25H18F3NO3. The van der Waals surface area contributed by atoms with Crippen LogP contribution in [0.25, 0.3) is 10.9 Å². The van der Waals surface area contributed by atoms with Crippen LogP contribution in [-0.4, -0.2) is 10.8 Å². The molecule has 0 amide bonds. The van der Waals surface area contributed by atoms with Crippen LogP contribution < -0.4 is 9.47 Å². The van der Waals surface area contributed by atoms with Crippen LogP contribution in [0, 0.1) is 0 Å². The summed E-state index contributed by atoms with van der Waals surface area (Å²) < 4.78 is 50.6. The number of Topliss-reactive ketones (excluding diaryl/α,β-unsaturated/α-hetero) is 1. The van der Waals surface area contributed by atoms with Crippen molar-refractivity contribution in [1.82, 2.24) is 4.98 Å². The highest BCUT2D eigenvalue weighted by atomic mass is 19.4. The molecule has 0 aliphatic carbocycles. The van der Waals surface area contributed by atoms with Gasteiger partial charge < -0.3 is 9.47 Å². The van der Waals surface area contributed by atoms with E-state index in [2.05, 4.69) is 4.98 Å². The molecule has 0 saturated heterocycles. The number of nitrogens with zero attached hydrogens (tertiary/aromatic N) is 1. The molecule has 0 spiro atoms. The van der Waals surface area contributed by atoms with Crippen LogP contribution >= 0.6 is 0 Å². The molecule has 0 aliphatic rings. The number of alkyl halides is 3. The molecule has 4 nitrogen and oxygen atoms in total. The average Bonchev–Trinajstić information content (AvgIpc) is 2.77. The largest absolute Gasteiger partial charge is 0.486 e. The molecule has 1 aromatic heterocycles. The van der Waals surface area contributed by atoms with Gasteiger partial charge in [-0.3, -0.25) is 4.79 Å². The zero-order valence-electron chi connectivity index (χ0n) is 17.0. The maximum Gasteiger partial charge on any atom is 0.416 e. The number of carbonyl (C=O) groups is 1. The summed E-state index contributed by atoms with van der Waals surface area (Å²) in [5, 5.41) is 0.627. The summed E-state index contributed by atoms with van der Waals surface area (Å²) in [4.78, 5) is 16.7. The Labute approximate surface area is 182 Å². The van der Waals surface area contributed by atoms with E-state index in [0.717, 1.165) is 17.7 Å². The Hall–Kier alpha value is -3.87. The van der Waals surface area contributed by atoms with Gasteiger partial charge in [-0.05, 0) is 35.9 Å². The number of fused-ring (bicyclic) bond motifs is 1. The van der Waals surface area contributed by atoms with Gasteiger partial charge in [-0.25, -0.2) is 4.98 Å². The molecule has 7 heteroatoms. The molecule has 0 N–H and O–H groups in total. The van der Waals surface area contributed by atoms with Crippen molar-refractivity contribution in [2.75, 3.05) is 0 Å². The van der Waals surface area contributed by atoms with Gasteiger partial charge in [0.05, 0.1) is 5.56 Å². The van der Waals surface area contributed by atoms with Crippen LogP contribution in [0.1, 0.15) is 28.5 Å². The molecule has 4 aromatic rings. The summed E-state index contributed by atoms with van der Waals surface area (Å²) in [6.45, 7) is 1.63. The van der Waals surface area contributed by atoms with Crippen LogP contribution in [0.5, 0.6) is 17.2 Å². The number of benzene rings is 3. The number of aromatic nitrogens is 1. The SMILES string of the molecule is CC(=O)c1nc2c(Oc3cccc(C(F)(F)F)c3)cccc2cc1OCc1ccccc1. The molecule has 1 heterocycles. The second-order valence-electron chi connectivity index (χ2n) is 7.12. The van der Waals surface area contributed by atoms with Crippen molar-refractivity contribution in [1.29, 1.82) is 0 Å². The quantitative estimate of drug-likeness (QED) is 0.310. The fraction of sp³-hybridized carbons (Fsp3) is 0.120. The van der Waals surface area contributed by atoms with Crippen molar-refractivity contribution >= 4 is 16.7 Å². The zero-order chi connectivity index (χ0) is 22.7. The van der Waals surface area contributed by atoms with E-state index in [9.17, 15) is 18.0 Å². The van der Waals surface area contributed by atoms with Gasteiger partial charge >= 0.3 is 6.18 Å². The first-order chi connectivity index (χ1) is 15.3. The molecule has 0 unspecified atom stereocenters. The topological polar surface area (TPSA) is 48.4 Å². The second-order valence-corrected chi connectivity index (χ2v) is 7.12. The van der Waals surface area contributed by atoms with Crippen LogP contribution in [0.2, 0.25) is 0 Å². The third-order valence-corrected chi connectivity index (χ3v) is 4.73. The van der Waals surface area contributed by atoms with E-state index in [1.165, 1.54) is 19.1 Å². The smallest absolute Gasteiger partial charge is 0.416 e. The highest BCUT2D eigenvalue weighted by Crippen LogP contribution is 2.35. The minimum Gasteiger partial charge on any atom is -0.486 e. The maximum atomic E-state index is 13.0. The van der Waals surface area contributed by atoms with E-state index in [4.69, 9.17) is 9.47 Å². The number of hydrogen-bond acceptors (Lipinski definition) is 4. The summed E-state index contributed by atoms with van der Waals surface area (Å²) in [6, 6.07) is 20.8. The molecule has 3 aromatic carbocycles. The van der Waals surface area contributed by atoms with Gasteiger partial charge in [0.15, 0.2) is 11.5 Å². The van der Waals surface area contributed by atoms with E-state index >= 15 is 0 Å². The Kier molecular flexibility index (Phi) is 5.81. The predicted octanol–water partition coefficient (Wildman–Crippen LogP) is 6.83. The molecule has 0 bridgehead atoms. The highest BCUT2D eigenvalue weighted by molar-refractivity contribution is 5.99. The average molecular weight is 437 g/mol. The number of hydrogen-bond donors (Lipinski definition) is 0. The summed E-state index contributed by atoms with van der Waals surface area (Å²) in [7, 11) is 0. The Bertz CT molecular complexity index is 1270. The Morgan fingerprint density at radius 1 is 0.906 bits per heavy atom. The zero-order valence-corrected chi connectivity index (χ0v) is 17.0. The molecule has 4 rings (SSSR count). The number of ketones is 1. The van der Waals surface area contributed by atoms with Crippen LogP contribution in [-0.2, 0) is 12.8 Å². The van der Waals surface area contributed by atoms with Crippen LogP contribution in [0.3, 0.4) is 0 Å². The van der Waals surface area contributed by atoms with Crippen molar-refractivity contribution in [2.24, 2.45) is 0 Å². The first-order valence-corrected chi connectivity index (χ1v) is 9.78. The minimum absolute atomic E-state index is 0.0166. The van der Waals surface area contributed by atoms with Crippen molar-refractivity contribution in [3.63, 3.8) is 0 Å². The van der Waals surface area contributed by atoms with E-state index < -0.39 is 11.7 Å². The lowest BCUT2D eigenvalue weighted by atomic mass is 10.1. The lowest BCUT2D eigenvalue weighted by Crippen LogP contribution is -2.05. The fourth-order valence-corrected chi connectivity index (χ4v) is 3.19. The fourth-order valence-electron chi connectivity index (χ4n) is 3.19. The van der Waals surface area contributed by atoms with Gasteiger partial charge in [0.1, 0.15) is 29.3 Å². The van der Waals surface area contributed by atoms with Gasteiger partial charge in [-0.15, -0.1) is 0 Å². The monoisotopic (exact) mass is 437 g/mol. The van der Waals surface area contributed by atoms with Gasteiger partial charge in [0.25, 0.3) is 0 Å². The molecule has 0 radical (unpaired) electrons. The first-order valence-electron chi connectivity index (χ1n) is 9.78. The van der Waals surface area contributed by atoms with Crippen LogP contribution in [0.4, 0.5) is 13.2 Å². The Morgan fingerprint density at radius 2 is 1.66 bits per heavy atom. The lowest BCUT2D eigenvalue weighted by Gasteiger charge is -2.14. The van der Waals surface area contributed by atoms with Crippen molar-refractivity contribution in [3.05, 3.63) is 95.7 Å². The standard InChI is InChI=1S/C25H18F3NO3/c1-16(30)23-22(31-15-17-7-3-2-4-8-17)13-18-9-5-12-21(24(18)29-23)32-20-11-6-10-19(14-20)25(26,27)28/h2-14H,15H2,1H3. The molecule has 32 heavy (non-hydrogen) atoms. The van der Waals surface area contributed by atoms with Gasteiger partial charge in [-0.1, -0.05) is 48.5 Å². The minimum atomic E-state index is -4.48. The maximum absolute atomic E-state index is 13.0. The molecule has 0 atom stereocenters. The van der Waals surface area contributed by atoms with E-state index in [0.29, 0.717) is 16.7 Å². The molecule has 0 saturated carbocycles. The Balaban J connectivity index is 1.70. The second kappa shape index (κ2) is 8.70. The van der Waals surface area contributed by atoms with Crippen LogP contribution in [0.15, 0.2) is 78.9 Å². The van der Waals surface area contributed by atoms with Gasteiger partial charge in [0, 0.05) is 12.3 Å². The summed E-state index contributed by atoms with van der Waals surface area (Å²) in [5.74, 6) is 0.274. The number of ether oxygens (including phenoxy) is 2. The van der Waals surface area contributed by atoms with Gasteiger partial charge in [0.2, 0.25) is 0 Å². The number of carbonyl (C=O) groups excluding carboxylic acids is 1. The first kappa shape index (κ1) is 21.4. The van der Waals surface area contributed by atoms with Crippen molar-refractivity contribution in [2.45, 2.75) is 19.7 Å². The highest BCUT2D eigenvalue weighted by Gasteiger charge is 2.30. The molecule has 0 fully saturated rings. The van der Waals surface area contributed by atoms with E-state index in [-0.39, 0.29) is 29.6 Å². The van der Waals surface area contributed by atoms with Crippen molar-refractivity contribution in [3.8, 4) is 17.2 Å². The van der Waals surface area contributed by atoms with Gasteiger partial charge in [-0.2, -0.15) is 13.2 Å². The number of rotatable bonds is 6. The van der Waals surface area contributed by atoms with Crippen molar-refractivity contribution < 1.29 is 27.4 Å². The lowest BCUT2D eigenvalue weighted by molar-refractivity contribution is -0.137. The Morgan fingerprint density at radius 3 is 2.38 bits per heavy atom. The number of halogens is 3. The molecule has 0 aliphatic heterocycles. The summed E-state index contributed by atoms with van der Waals surface area (Å²) in [5.41, 5.74) is 0.587. The molecule has 162 valence electrons.